The molecule has 2 heterocycles. The van der Waals surface area contributed by atoms with Crippen LogP contribution in [0.15, 0.2) is 78.9 Å². The Kier molecular flexibility index (Phi) is 4.93. The summed E-state index contributed by atoms with van der Waals surface area (Å²) < 4.78 is 1.09. The Balaban J connectivity index is 1.73. The molecule has 1 aliphatic rings. The lowest BCUT2D eigenvalue weighted by Crippen LogP contribution is -2.42. The molecule has 1 aromatic heterocycles. The van der Waals surface area contributed by atoms with E-state index < -0.39 is 4.92 Å². The fourth-order valence-corrected chi connectivity index (χ4v) is 4.92. The number of thiazole rings is 1. The van der Waals surface area contributed by atoms with E-state index in [0.717, 1.165) is 37.6 Å². The summed E-state index contributed by atoms with van der Waals surface area (Å²) in [5.41, 5.74) is 4.68. The molecule has 0 spiro atoms. The molecule has 4 aromatic rings. The monoisotopic (exact) mass is 444 g/mol. The summed E-state index contributed by atoms with van der Waals surface area (Å²) in [4.78, 5) is 15.6. The van der Waals surface area contributed by atoms with Crippen LogP contribution in [-0.2, 0) is 0 Å². The van der Waals surface area contributed by atoms with E-state index in [1.54, 1.807) is 23.5 Å². The number of nitrogens with one attached hydrogen (secondary N) is 2. The first-order valence-electron chi connectivity index (χ1n) is 9.57. The van der Waals surface area contributed by atoms with Crippen molar-refractivity contribution < 1.29 is 4.92 Å². The number of hydrogen-bond donors (Lipinski definition) is 2. The first kappa shape index (κ1) is 19.3. The Morgan fingerprint density at radius 1 is 0.968 bits per heavy atom. The van der Waals surface area contributed by atoms with Gasteiger partial charge in [0.05, 0.1) is 26.9 Å². The van der Waals surface area contributed by atoms with Crippen LogP contribution < -0.4 is 10.6 Å². The quantitative estimate of drug-likeness (QED) is 0.253. The van der Waals surface area contributed by atoms with Crippen LogP contribution in [0.25, 0.3) is 21.5 Å². The van der Waals surface area contributed by atoms with Gasteiger partial charge >= 0.3 is 0 Å². The highest BCUT2D eigenvalue weighted by atomic mass is 32.1. The normalized spacial score (nSPS) is 16.1. The summed E-state index contributed by atoms with van der Waals surface area (Å²) in [6.45, 7) is 0. The second kappa shape index (κ2) is 7.90. The van der Waals surface area contributed by atoms with Gasteiger partial charge in [-0.2, -0.15) is 0 Å². The van der Waals surface area contributed by atoms with E-state index in [4.69, 9.17) is 17.2 Å². The number of para-hydroxylation sites is 1. The molecular formula is C23H16N4O2S2. The van der Waals surface area contributed by atoms with Gasteiger partial charge in [0.15, 0.2) is 5.11 Å². The van der Waals surface area contributed by atoms with Crippen molar-refractivity contribution in [2.75, 3.05) is 0 Å². The van der Waals surface area contributed by atoms with E-state index in [0.29, 0.717) is 5.11 Å². The SMILES string of the molecule is O=[N+]([O-])c1ccc([C@H]2NC(=S)NC(c3ccccc3)=C2c2nc3ccccc3s2)cc1. The van der Waals surface area contributed by atoms with E-state index >= 15 is 0 Å². The minimum Gasteiger partial charge on any atom is -0.351 e. The van der Waals surface area contributed by atoms with Gasteiger partial charge in [0, 0.05) is 17.7 Å². The summed E-state index contributed by atoms with van der Waals surface area (Å²) >= 11 is 7.12. The number of nitrogens with zero attached hydrogens (tertiary/aromatic N) is 2. The lowest BCUT2D eigenvalue weighted by atomic mass is 9.93. The molecule has 0 bridgehead atoms. The second-order valence-corrected chi connectivity index (χ2v) is 8.46. The van der Waals surface area contributed by atoms with Gasteiger partial charge in [-0.25, -0.2) is 4.98 Å². The first-order valence-corrected chi connectivity index (χ1v) is 10.8. The Morgan fingerprint density at radius 3 is 2.39 bits per heavy atom. The molecule has 0 radical (unpaired) electrons. The molecular weight excluding hydrogens is 428 g/mol. The van der Waals surface area contributed by atoms with E-state index in [9.17, 15) is 10.1 Å². The molecule has 5 rings (SSSR count). The van der Waals surface area contributed by atoms with Crippen molar-refractivity contribution in [1.29, 1.82) is 0 Å². The number of aromatic nitrogens is 1. The van der Waals surface area contributed by atoms with Crippen LogP contribution >= 0.6 is 23.6 Å². The van der Waals surface area contributed by atoms with Gasteiger partial charge in [-0.3, -0.25) is 10.1 Å². The predicted octanol–water partition coefficient (Wildman–Crippen LogP) is 5.29. The minimum absolute atomic E-state index is 0.0501. The second-order valence-electron chi connectivity index (χ2n) is 7.02. The van der Waals surface area contributed by atoms with Crippen LogP contribution in [0, 0.1) is 10.1 Å². The van der Waals surface area contributed by atoms with E-state index in [2.05, 4.69) is 16.7 Å². The van der Waals surface area contributed by atoms with Crippen LogP contribution in [0.4, 0.5) is 5.69 Å². The van der Waals surface area contributed by atoms with Crippen molar-refractivity contribution in [2.45, 2.75) is 6.04 Å². The Bertz CT molecular complexity index is 1300. The molecule has 0 fully saturated rings. The summed E-state index contributed by atoms with van der Waals surface area (Å²) in [6.07, 6.45) is 0. The van der Waals surface area contributed by atoms with Crippen LogP contribution in [0.1, 0.15) is 22.2 Å². The molecule has 1 aliphatic heterocycles. The maximum atomic E-state index is 11.1. The highest BCUT2D eigenvalue weighted by Gasteiger charge is 2.31. The van der Waals surface area contributed by atoms with Crippen molar-refractivity contribution >= 4 is 55.8 Å². The number of nitro groups is 1. The van der Waals surface area contributed by atoms with E-state index in [1.807, 2.05) is 48.5 Å². The van der Waals surface area contributed by atoms with Crippen molar-refractivity contribution in [3.05, 3.63) is 105 Å². The van der Waals surface area contributed by atoms with Gasteiger partial charge in [-0.05, 0) is 47.6 Å². The molecule has 0 unspecified atom stereocenters. The number of thiocarbonyl (C=S) groups is 1. The van der Waals surface area contributed by atoms with Crippen molar-refractivity contribution in [3.63, 3.8) is 0 Å². The molecule has 1 atom stereocenters. The minimum atomic E-state index is -0.399. The number of nitro benzene ring substituents is 1. The van der Waals surface area contributed by atoms with Crippen molar-refractivity contribution in [1.82, 2.24) is 15.6 Å². The topological polar surface area (TPSA) is 80.1 Å². The number of rotatable bonds is 4. The molecule has 31 heavy (non-hydrogen) atoms. The van der Waals surface area contributed by atoms with E-state index in [-0.39, 0.29) is 11.7 Å². The Morgan fingerprint density at radius 2 is 1.68 bits per heavy atom. The lowest BCUT2D eigenvalue weighted by Gasteiger charge is -2.31. The standard InChI is InChI=1S/C23H16N4O2S2/c28-27(29)16-12-10-15(11-13-16)21-19(22-24-17-8-4-5-9-18(17)31-22)20(25-23(30)26-21)14-6-2-1-3-7-14/h1-13,21H,(H2,25,26,30)/t21-/m1/s1. The average molecular weight is 445 g/mol. The molecule has 8 heteroatoms. The fourth-order valence-electron chi connectivity index (χ4n) is 3.65. The van der Waals surface area contributed by atoms with Gasteiger partial charge in [0.2, 0.25) is 0 Å². The fraction of sp³-hybridized carbons (Fsp3) is 0.0435. The first-order chi connectivity index (χ1) is 15.1. The molecule has 0 saturated heterocycles. The number of non-ortho nitro benzene ring substituents is 1. The zero-order chi connectivity index (χ0) is 21.4. The lowest BCUT2D eigenvalue weighted by molar-refractivity contribution is -0.384. The van der Waals surface area contributed by atoms with Gasteiger partial charge in [-0.1, -0.05) is 42.5 Å². The summed E-state index contributed by atoms with van der Waals surface area (Å²) in [5.74, 6) is 0. The largest absolute Gasteiger partial charge is 0.351 e. The van der Waals surface area contributed by atoms with Crippen LogP contribution in [-0.4, -0.2) is 15.0 Å². The molecule has 3 aromatic carbocycles. The van der Waals surface area contributed by atoms with Crippen LogP contribution in [0.2, 0.25) is 0 Å². The number of fused-ring (bicyclic) bond motifs is 1. The summed E-state index contributed by atoms with van der Waals surface area (Å²) in [5, 5.41) is 19.1. The van der Waals surface area contributed by atoms with Crippen LogP contribution in [0.5, 0.6) is 0 Å². The van der Waals surface area contributed by atoms with Gasteiger partial charge < -0.3 is 10.6 Å². The smallest absolute Gasteiger partial charge is 0.269 e. The zero-order valence-corrected chi connectivity index (χ0v) is 17.7. The molecule has 6 nitrogen and oxygen atoms in total. The molecule has 0 aliphatic carbocycles. The number of benzene rings is 3. The summed E-state index contributed by atoms with van der Waals surface area (Å²) in [6, 6.07) is 24.2. The average Bonchev–Trinajstić information content (AvgIpc) is 3.23. The Hall–Kier alpha value is -3.62. The summed E-state index contributed by atoms with van der Waals surface area (Å²) in [7, 11) is 0. The molecule has 0 amide bonds. The van der Waals surface area contributed by atoms with Gasteiger partial charge in [0.1, 0.15) is 5.01 Å². The highest BCUT2D eigenvalue weighted by molar-refractivity contribution is 7.80. The highest BCUT2D eigenvalue weighted by Crippen LogP contribution is 2.41. The number of hydrogen-bond acceptors (Lipinski definition) is 5. The maximum absolute atomic E-state index is 11.1. The third kappa shape index (κ3) is 3.67. The van der Waals surface area contributed by atoms with Crippen molar-refractivity contribution in [3.8, 4) is 0 Å². The molecule has 2 N–H and O–H groups in total. The maximum Gasteiger partial charge on any atom is 0.269 e. The van der Waals surface area contributed by atoms with E-state index in [1.165, 1.54) is 12.1 Å². The molecule has 0 saturated carbocycles. The molecule has 152 valence electrons. The van der Waals surface area contributed by atoms with Gasteiger partial charge in [0.25, 0.3) is 5.69 Å². The van der Waals surface area contributed by atoms with Crippen LogP contribution in [0.3, 0.4) is 0 Å². The Labute approximate surface area is 187 Å². The zero-order valence-electron chi connectivity index (χ0n) is 16.1. The van der Waals surface area contributed by atoms with Crippen molar-refractivity contribution in [2.24, 2.45) is 0 Å². The third-order valence-electron chi connectivity index (χ3n) is 5.10. The predicted molar refractivity (Wildman–Crippen MR) is 128 cm³/mol. The van der Waals surface area contributed by atoms with Gasteiger partial charge in [-0.15, -0.1) is 11.3 Å². The third-order valence-corrected chi connectivity index (χ3v) is 6.39.